The van der Waals surface area contributed by atoms with E-state index >= 15 is 0 Å². The predicted octanol–water partition coefficient (Wildman–Crippen LogP) is -1.26. The first-order valence-corrected chi connectivity index (χ1v) is 11.1. The Kier molecular flexibility index (Phi) is 6.32. The fourth-order valence-corrected chi connectivity index (χ4v) is 4.33. The number of aliphatic hydroxyl groups is 3. The van der Waals surface area contributed by atoms with Gasteiger partial charge in [-0.05, 0) is 18.1 Å². The number of rotatable bonds is 7. The first-order chi connectivity index (χ1) is 17.0. The lowest BCUT2D eigenvalue weighted by Gasteiger charge is -2.43. The van der Waals surface area contributed by atoms with Crippen LogP contribution in [0.4, 0.5) is 5.82 Å². The summed E-state index contributed by atoms with van der Waals surface area (Å²) in [4.78, 5) is 31.1. The fourth-order valence-electron chi connectivity index (χ4n) is 4.33. The van der Waals surface area contributed by atoms with Crippen molar-refractivity contribution in [2.75, 3.05) is 11.9 Å². The minimum absolute atomic E-state index is 0.254. The summed E-state index contributed by atoms with van der Waals surface area (Å²) >= 11 is 0. The van der Waals surface area contributed by atoms with Crippen LogP contribution in [0.15, 0.2) is 43.1 Å². The molecule has 0 radical (unpaired) electrons. The molecule has 0 unspecified atom stereocenters. The summed E-state index contributed by atoms with van der Waals surface area (Å²) in [5.74, 6) is -0.251. The molecule has 0 spiro atoms. The van der Waals surface area contributed by atoms with Crippen LogP contribution in [0.5, 0.6) is 0 Å². The number of carbonyl (C=O) groups excluding carboxylic acids is 1. The zero-order chi connectivity index (χ0) is 24.5. The highest BCUT2D eigenvalue weighted by Gasteiger charge is 2.45. The smallest absolute Gasteiger partial charge is 0.237 e. The highest BCUT2D eigenvalue weighted by atomic mass is 16.5. The van der Waals surface area contributed by atoms with Gasteiger partial charge in [0.25, 0.3) is 0 Å². The number of aromatic nitrogens is 5. The van der Waals surface area contributed by atoms with Gasteiger partial charge in [0.1, 0.15) is 30.2 Å². The molecule has 13 heteroatoms. The van der Waals surface area contributed by atoms with Crippen molar-refractivity contribution < 1.29 is 24.9 Å². The number of nitrogens with zero attached hydrogens (tertiary/aromatic N) is 3. The van der Waals surface area contributed by atoms with Crippen LogP contribution < -0.4 is 16.4 Å². The number of imidazole rings is 1. The predicted molar refractivity (Wildman–Crippen MR) is 125 cm³/mol. The van der Waals surface area contributed by atoms with Gasteiger partial charge in [-0.15, -0.1) is 0 Å². The molecular weight excluding hydrogens is 456 g/mol. The molecule has 35 heavy (non-hydrogen) atoms. The highest BCUT2D eigenvalue weighted by Crippen LogP contribution is 2.25. The molecule has 13 nitrogen and oxygen atoms in total. The van der Waals surface area contributed by atoms with Crippen LogP contribution in [0.3, 0.4) is 0 Å². The number of nitrogens with one attached hydrogen (secondary N) is 4. The normalized spacial score (nSPS) is 25.5. The minimum atomic E-state index is -1.46. The molecule has 1 aliphatic rings. The zero-order valence-electron chi connectivity index (χ0n) is 18.5. The molecule has 1 amide bonds. The van der Waals surface area contributed by atoms with E-state index in [4.69, 9.17) is 10.5 Å². The second kappa shape index (κ2) is 9.56. The van der Waals surface area contributed by atoms with E-state index in [0.717, 1.165) is 16.5 Å². The quantitative estimate of drug-likeness (QED) is 0.157. The van der Waals surface area contributed by atoms with E-state index in [2.05, 4.69) is 35.6 Å². The number of ether oxygens (including phenoxy) is 1. The molecule has 1 fully saturated rings. The first-order valence-electron chi connectivity index (χ1n) is 11.1. The maximum absolute atomic E-state index is 12.9. The number of H-pyrrole nitrogens is 2. The second-order valence-electron chi connectivity index (χ2n) is 8.43. The lowest BCUT2D eigenvalue weighted by molar-refractivity contribution is -0.185. The number of aliphatic hydroxyl groups excluding tert-OH is 3. The molecule has 0 aliphatic carbocycles. The van der Waals surface area contributed by atoms with E-state index < -0.39 is 49.1 Å². The molecule has 1 aromatic carbocycles. The lowest BCUT2D eigenvalue weighted by atomic mass is 9.94. The number of anilines is 1. The fraction of sp³-hybridized carbons (Fsp3) is 0.364. The van der Waals surface area contributed by atoms with Crippen molar-refractivity contribution in [2.24, 2.45) is 5.73 Å². The Bertz CT molecular complexity index is 1320. The Labute approximate surface area is 198 Å². The molecule has 4 heterocycles. The summed E-state index contributed by atoms with van der Waals surface area (Å²) in [6, 6.07) is 5.65. The average molecular weight is 483 g/mol. The van der Waals surface area contributed by atoms with Crippen molar-refractivity contribution in [3.63, 3.8) is 0 Å². The van der Waals surface area contributed by atoms with Crippen LogP contribution in [-0.4, -0.2) is 89.4 Å². The molecule has 5 rings (SSSR count). The van der Waals surface area contributed by atoms with E-state index in [9.17, 15) is 20.1 Å². The third kappa shape index (κ3) is 4.42. The van der Waals surface area contributed by atoms with Crippen LogP contribution in [-0.2, 0) is 16.0 Å². The molecule has 3 aromatic heterocycles. The number of fused-ring (bicyclic) bond motifs is 2. The summed E-state index contributed by atoms with van der Waals surface area (Å²) in [6.07, 6.45) is -0.271. The SMILES string of the molecule is N[C@H](Cc1c[nH]c2ccccc12)C(=O)N[C@@H]1[C@@H](O)[C@H](O)[C@@H](Nc2ncnc3nc[nH]c23)O[C@H]1CO. The van der Waals surface area contributed by atoms with Gasteiger partial charge in [0.15, 0.2) is 17.7 Å². The number of hydrogen-bond donors (Lipinski definition) is 8. The van der Waals surface area contributed by atoms with Gasteiger partial charge in [0.2, 0.25) is 5.91 Å². The van der Waals surface area contributed by atoms with Crippen molar-refractivity contribution >= 4 is 33.8 Å². The van der Waals surface area contributed by atoms with Crippen molar-refractivity contribution in [1.82, 2.24) is 30.2 Å². The molecule has 4 aromatic rings. The number of hydrogen-bond acceptors (Lipinski definition) is 10. The van der Waals surface area contributed by atoms with E-state index in [-0.39, 0.29) is 6.42 Å². The molecule has 0 saturated carbocycles. The van der Waals surface area contributed by atoms with Gasteiger partial charge in [0.05, 0.1) is 25.0 Å². The summed E-state index contributed by atoms with van der Waals surface area (Å²) in [7, 11) is 0. The zero-order valence-corrected chi connectivity index (χ0v) is 18.5. The number of benzene rings is 1. The van der Waals surface area contributed by atoms with Crippen molar-refractivity contribution in [1.29, 1.82) is 0 Å². The Hall–Kier alpha value is -3.62. The molecule has 1 aliphatic heterocycles. The summed E-state index contributed by atoms with van der Waals surface area (Å²) in [6.45, 7) is -0.520. The number of carbonyl (C=O) groups is 1. The Morgan fingerprint density at radius 1 is 1.17 bits per heavy atom. The van der Waals surface area contributed by atoms with Gasteiger partial charge < -0.3 is 46.4 Å². The van der Waals surface area contributed by atoms with Crippen molar-refractivity contribution in [3.8, 4) is 0 Å². The maximum Gasteiger partial charge on any atom is 0.237 e. The second-order valence-corrected chi connectivity index (χ2v) is 8.43. The number of amides is 1. The van der Waals surface area contributed by atoms with E-state index in [1.807, 2.05) is 24.3 Å². The highest BCUT2D eigenvalue weighted by molar-refractivity contribution is 5.86. The summed E-state index contributed by atoms with van der Waals surface area (Å²) in [5, 5.41) is 37.9. The van der Waals surface area contributed by atoms with Crippen molar-refractivity contribution in [2.45, 2.75) is 43.0 Å². The third-order valence-electron chi connectivity index (χ3n) is 6.19. The molecule has 1 saturated heterocycles. The van der Waals surface area contributed by atoms with Gasteiger partial charge in [-0.3, -0.25) is 4.79 Å². The van der Waals surface area contributed by atoms with E-state index in [1.165, 1.54) is 12.7 Å². The first kappa shape index (κ1) is 23.1. The summed E-state index contributed by atoms with van der Waals surface area (Å²) in [5.41, 5.74) is 8.84. The average Bonchev–Trinajstić information content (AvgIpc) is 3.51. The van der Waals surface area contributed by atoms with Gasteiger partial charge >= 0.3 is 0 Å². The number of nitrogens with two attached hydrogens (primary N) is 1. The molecule has 9 N–H and O–H groups in total. The Morgan fingerprint density at radius 3 is 2.83 bits per heavy atom. The molecular formula is C22H26N8O5. The molecule has 6 atom stereocenters. The minimum Gasteiger partial charge on any atom is -0.394 e. The van der Waals surface area contributed by atoms with E-state index in [0.29, 0.717) is 17.0 Å². The Balaban J connectivity index is 1.27. The van der Waals surface area contributed by atoms with Crippen LogP contribution in [0.2, 0.25) is 0 Å². The molecule has 0 bridgehead atoms. The van der Waals surface area contributed by atoms with Crippen LogP contribution >= 0.6 is 0 Å². The topological polar surface area (TPSA) is 207 Å². The third-order valence-corrected chi connectivity index (χ3v) is 6.19. The molecule has 184 valence electrons. The standard InChI is InChI=1S/C22H26N8O5/c23-12(5-10-6-24-13-4-2-1-3-11(10)13)21(34)29-15-14(7-31)35-22(18(33)17(15)32)30-20-16-19(26-8-25-16)27-9-28-20/h1-4,6,8-9,12,14-15,17-18,22,24,31-33H,5,7,23H2,(H,29,34)(H2,25,26,27,28,30)/t12-,14+,15+,17-,18+,22+/m1/s1. The number of para-hydroxylation sites is 1. The number of aromatic amines is 2. The van der Waals surface area contributed by atoms with Gasteiger partial charge in [-0.2, -0.15) is 0 Å². The van der Waals surface area contributed by atoms with E-state index in [1.54, 1.807) is 6.20 Å². The largest absolute Gasteiger partial charge is 0.394 e. The monoisotopic (exact) mass is 482 g/mol. The van der Waals surface area contributed by atoms with Gasteiger partial charge in [0, 0.05) is 17.1 Å². The summed E-state index contributed by atoms with van der Waals surface area (Å²) < 4.78 is 5.78. The van der Waals surface area contributed by atoms with Crippen LogP contribution in [0.1, 0.15) is 5.56 Å². The van der Waals surface area contributed by atoms with Gasteiger partial charge in [-0.1, -0.05) is 18.2 Å². The Morgan fingerprint density at radius 2 is 2.00 bits per heavy atom. The maximum atomic E-state index is 12.9. The van der Waals surface area contributed by atoms with Crippen LogP contribution in [0, 0.1) is 0 Å². The van der Waals surface area contributed by atoms with Gasteiger partial charge in [-0.25, -0.2) is 15.0 Å². The lowest BCUT2D eigenvalue weighted by Crippen LogP contribution is -2.67. The van der Waals surface area contributed by atoms with Crippen LogP contribution in [0.25, 0.3) is 22.1 Å². The van der Waals surface area contributed by atoms with Crippen molar-refractivity contribution in [3.05, 3.63) is 48.7 Å².